The van der Waals surface area contributed by atoms with E-state index in [-0.39, 0.29) is 5.54 Å². The Balaban J connectivity index is 2.18. The Morgan fingerprint density at radius 1 is 1.50 bits per heavy atom. The molecule has 3 atom stereocenters. The molecule has 2 aliphatic heterocycles. The Labute approximate surface area is 74.5 Å². The van der Waals surface area contributed by atoms with E-state index in [1.54, 1.807) is 5.06 Å². The Bertz CT molecular complexity index is 183. The maximum Gasteiger partial charge on any atom is 0.0438 e. The van der Waals surface area contributed by atoms with Crippen molar-refractivity contribution in [2.45, 2.75) is 57.5 Å². The first-order chi connectivity index (χ1) is 5.62. The zero-order chi connectivity index (χ0) is 8.77. The summed E-state index contributed by atoms with van der Waals surface area (Å²) in [6, 6.07) is 0.451. The van der Waals surface area contributed by atoms with Gasteiger partial charge in [-0.1, -0.05) is 6.92 Å². The van der Waals surface area contributed by atoms with E-state index in [1.807, 2.05) is 0 Å². The van der Waals surface area contributed by atoms with Crippen molar-refractivity contribution >= 4 is 0 Å². The lowest BCUT2D eigenvalue weighted by atomic mass is 9.73. The molecular formula is C10H19NO. The lowest BCUT2D eigenvalue weighted by Gasteiger charge is -2.51. The highest BCUT2D eigenvalue weighted by atomic mass is 16.5. The molecule has 0 aromatic rings. The standard InChI is InChI=1S/C10H19NO/c1-8-6-9-4-3-5-10(2,7-8)11(9)12/h8-9,12H,3-7H2,1-2H3. The summed E-state index contributed by atoms with van der Waals surface area (Å²) in [7, 11) is 0. The van der Waals surface area contributed by atoms with Crippen LogP contribution < -0.4 is 0 Å². The van der Waals surface area contributed by atoms with Gasteiger partial charge in [-0.3, -0.25) is 0 Å². The van der Waals surface area contributed by atoms with Crippen molar-refractivity contribution in [1.29, 1.82) is 0 Å². The highest BCUT2D eigenvalue weighted by Crippen LogP contribution is 2.42. The zero-order valence-corrected chi connectivity index (χ0v) is 8.08. The fraction of sp³-hybridized carbons (Fsp3) is 1.00. The minimum absolute atomic E-state index is 0.0978. The smallest absolute Gasteiger partial charge is 0.0438 e. The van der Waals surface area contributed by atoms with Crippen molar-refractivity contribution in [3.05, 3.63) is 0 Å². The third kappa shape index (κ3) is 1.17. The molecule has 2 nitrogen and oxygen atoms in total. The van der Waals surface area contributed by atoms with Crippen molar-refractivity contribution in [3.63, 3.8) is 0 Å². The van der Waals surface area contributed by atoms with Crippen LogP contribution in [0.15, 0.2) is 0 Å². The second kappa shape index (κ2) is 2.71. The maximum absolute atomic E-state index is 9.90. The Kier molecular flexibility index (Phi) is 1.92. The summed E-state index contributed by atoms with van der Waals surface area (Å²) in [5.74, 6) is 0.795. The van der Waals surface area contributed by atoms with Gasteiger partial charge in [-0.2, -0.15) is 5.06 Å². The molecule has 12 heavy (non-hydrogen) atoms. The first-order valence-corrected chi connectivity index (χ1v) is 5.10. The number of piperidine rings is 2. The van der Waals surface area contributed by atoms with E-state index in [0.717, 1.165) is 5.92 Å². The molecule has 1 N–H and O–H groups in total. The van der Waals surface area contributed by atoms with Crippen molar-refractivity contribution in [3.8, 4) is 0 Å². The van der Waals surface area contributed by atoms with Crippen molar-refractivity contribution in [1.82, 2.24) is 5.06 Å². The van der Waals surface area contributed by atoms with Crippen molar-refractivity contribution in [2.24, 2.45) is 5.92 Å². The van der Waals surface area contributed by atoms with Crippen LogP contribution in [0.4, 0.5) is 0 Å². The predicted octanol–water partition coefficient (Wildman–Crippen LogP) is 2.42. The molecular weight excluding hydrogens is 150 g/mol. The van der Waals surface area contributed by atoms with Crippen LogP contribution in [0, 0.1) is 5.92 Å². The van der Waals surface area contributed by atoms with Gasteiger partial charge in [0.15, 0.2) is 0 Å². The van der Waals surface area contributed by atoms with Crippen LogP contribution in [0.2, 0.25) is 0 Å². The van der Waals surface area contributed by atoms with E-state index in [0.29, 0.717) is 6.04 Å². The van der Waals surface area contributed by atoms with Crippen LogP contribution in [-0.2, 0) is 0 Å². The van der Waals surface area contributed by atoms with E-state index in [4.69, 9.17) is 0 Å². The van der Waals surface area contributed by atoms with E-state index in [1.165, 1.54) is 32.1 Å². The zero-order valence-electron chi connectivity index (χ0n) is 8.08. The quantitative estimate of drug-likeness (QED) is 0.602. The van der Waals surface area contributed by atoms with Gasteiger partial charge in [0.1, 0.15) is 0 Å². The van der Waals surface area contributed by atoms with E-state index >= 15 is 0 Å². The van der Waals surface area contributed by atoms with Crippen LogP contribution in [0.5, 0.6) is 0 Å². The second-order valence-corrected chi connectivity index (χ2v) is 4.93. The SMILES string of the molecule is CC1CC2CCCC(C)(C1)N2O. The van der Waals surface area contributed by atoms with E-state index < -0.39 is 0 Å². The summed E-state index contributed by atoms with van der Waals surface area (Å²) in [6.07, 6.45) is 6.01. The molecule has 0 amide bonds. The van der Waals surface area contributed by atoms with Crippen LogP contribution >= 0.6 is 0 Å². The van der Waals surface area contributed by atoms with Gasteiger partial charge in [-0.05, 0) is 44.9 Å². The number of hydrogen-bond donors (Lipinski definition) is 1. The Morgan fingerprint density at radius 2 is 2.25 bits per heavy atom. The molecule has 2 heterocycles. The van der Waals surface area contributed by atoms with Crippen LogP contribution in [0.25, 0.3) is 0 Å². The van der Waals surface area contributed by atoms with E-state index in [2.05, 4.69) is 13.8 Å². The largest absolute Gasteiger partial charge is 0.313 e. The molecule has 2 aliphatic rings. The molecule has 0 spiro atoms. The molecule has 0 saturated carbocycles. The summed E-state index contributed by atoms with van der Waals surface area (Å²) in [6.45, 7) is 4.51. The molecule has 0 aromatic carbocycles. The van der Waals surface area contributed by atoms with Crippen LogP contribution in [0.3, 0.4) is 0 Å². The Hall–Kier alpha value is -0.0800. The molecule has 2 bridgehead atoms. The molecule has 0 radical (unpaired) electrons. The molecule has 2 heteroatoms. The van der Waals surface area contributed by atoms with Crippen molar-refractivity contribution in [2.75, 3.05) is 0 Å². The monoisotopic (exact) mass is 169 g/mol. The lowest BCUT2D eigenvalue weighted by molar-refractivity contribution is -0.242. The fourth-order valence-corrected chi connectivity index (χ4v) is 3.11. The van der Waals surface area contributed by atoms with Gasteiger partial charge in [0.2, 0.25) is 0 Å². The molecule has 0 aromatic heterocycles. The first-order valence-electron chi connectivity index (χ1n) is 5.10. The van der Waals surface area contributed by atoms with Gasteiger partial charge in [-0.15, -0.1) is 0 Å². The second-order valence-electron chi connectivity index (χ2n) is 4.93. The van der Waals surface area contributed by atoms with Gasteiger partial charge in [0.25, 0.3) is 0 Å². The fourth-order valence-electron chi connectivity index (χ4n) is 3.11. The summed E-state index contributed by atoms with van der Waals surface area (Å²) >= 11 is 0. The molecule has 0 aliphatic carbocycles. The predicted molar refractivity (Wildman–Crippen MR) is 48.1 cm³/mol. The summed E-state index contributed by atoms with van der Waals surface area (Å²) < 4.78 is 0. The average molecular weight is 169 g/mol. The molecule has 2 fully saturated rings. The van der Waals surface area contributed by atoms with E-state index in [9.17, 15) is 5.21 Å². The molecule has 3 unspecified atom stereocenters. The molecule has 2 rings (SSSR count). The van der Waals surface area contributed by atoms with Gasteiger partial charge in [-0.25, -0.2) is 0 Å². The summed E-state index contributed by atoms with van der Waals surface area (Å²) in [4.78, 5) is 0. The molecule has 70 valence electrons. The van der Waals surface area contributed by atoms with Crippen LogP contribution in [-0.4, -0.2) is 21.9 Å². The number of fused-ring (bicyclic) bond motifs is 2. The van der Waals surface area contributed by atoms with Gasteiger partial charge < -0.3 is 5.21 Å². The number of rotatable bonds is 0. The topological polar surface area (TPSA) is 23.5 Å². The summed E-state index contributed by atoms with van der Waals surface area (Å²) in [5, 5.41) is 11.5. The number of hydrogen-bond acceptors (Lipinski definition) is 2. The van der Waals surface area contributed by atoms with Crippen LogP contribution in [0.1, 0.15) is 46.0 Å². The summed E-state index contributed by atoms with van der Waals surface area (Å²) in [5.41, 5.74) is 0.0978. The number of nitrogens with zero attached hydrogens (tertiary/aromatic N) is 1. The third-order valence-electron chi connectivity index (χ3n) is 3.61. The third-order valence-corrected chi connectivity index (χ3v) is 3.61. The van der Waals surface area contributed by atoms with Gasteiger partial charge in [0, 0.05) is 11.6 Å². The average Bonchev–Trinajstić information content (AvgIpc) is 1.95. The first kappa shape index (κ1) is 8.52. The lowest BCUT2D eigenvalue weighted by Crippen LogP contribution is -2.57. The highest BCUT2D eigenvalue weighted by Gasteiger charge is 2.44. The maximum atomic E-state index is 9.90. The van der Waals surface area contributed by atoms with Gasteiger partial charge in [0.05, 0.1) is 0 Å². The highest BCUT2D eigenvalue weighted by molar-refractivity contribution is 4.96. The number of hydroxylamine groups is 2. The minimum atomic E-state index is 0.0978. The van der Waals surface area contributed by atoms with Gasteiger partial charge >= 0.3 is 0 Å². The van der Waals surface area contributed by atoms with Crippen molar-refractivity contribution < 1.29 is 5.21 Å². The molecule has 2 saturated heterocycles. The Morgan fingerprint density at radius 3 is 2.92 bits per heavy atom. The normalized spacial score (nSPS) is 49.2. The minimum Gasteiger partial charge on any atom is -0.313 e.